The third-order valence-electron chi connectivity index (χ3n) is 7.14. The third-order valence-corrected chi connectivity index (χ3v) is 8.28. The van der Waals surface area contributed by atoms with Crippen LogP contribution < -0.4 is 4.74 Å². The smallest absolute Gasteiger partial charge is 0.137 e. The fraction of sp³-hybridized carbons (Fsp3) is 0. The summed E-state index contributed by atoms with van der Waals surface area (Å²) in [4.78, 5) is 9.21. The summed E-state index contributed by atoms with van der Waals surface area (Å²) in [6, 6.07) is 39.6. The van der Waals surface area contributed by atoms with E-state index >= 15 is 0 Å². The van der Waals surface area contributed by atoms with Crippen LogP contribution in [0.1, 0.15) is 0 Å². The number of fused-ring (bicyclic) bond motifs is 6. The molecule has 0 aliphatic heterocycles. The van der Waals surface area contributed by atoms with E-state index in [1.807, 2.05) is 78.2 Å². The number of benzene rings is 4. The van der Waals surface area contributed by atoms with Gasteiger partial charge in [0.2, 0.25) is 0 Å². The zero-order valence-corrected chi connectivity index (χ0v) is 21.6. The van der Waals surface area contributed by atoms with Crippen molar-refractivity contribution >= 4 is 53.3 Å². The number of ether oxygens (including phenoxy) is 1. The molecule has 0 fully saturated rings. The molecule has 184 valence electrons. The molecule has 5 heteroatoms. The van der Waals surface area contributed by atoms with Gasteiger partial charge in [0, 0.05) is 55.0 Å². The molecule has 4 nitrogen and oxygen atoms in total. The third kappa shape index (κ3) is 3.67. The SMILES string of the molecule is c1ccc(-c2cccc(Oc3ccc4c5cc6sc7ccccc7c6cc5n(-c5ccccn5)c4c3)c2)nc1. The lowest BCUT2D eigenvalue weighted by molar-refractivity contribution is 0.483. The molecular formula is C34H21N3OS. The molecule has 4 heterocycles. The molecule has 0 radical (unpaired) electrons. The molecule has 0 amide bonds. The van der Waals surface area contributed by atoms with Gasteiger partial charge in [0.25, 0.3) is 0 Å². The van der Waals surface area contributed by atoms with Gasteiger partial charge in [-0.2, -0.15) is 0 Å². The number of nitrogens with zero attached hydrogens (tertiary/aromatic N) is 3. The fourth-order valence-corrected chi connectivity index (χ4v) is 6.53. The Kier molecular flexibility index (Phi) is 4.96. The molecule has 4 aromatic carbocycles. The summed E-state index contributed by atoms with van der Waals surface area (Å²) in [6.07, 6.45) is 3.65. The van der Waals surface area contributed by atoms with Crippen molar-refractivity contribution in [1.29, 1.82) is 0 Å². The second-order valence-electron chi connectivity index (χ2n) is 9.51. The number of pyridine rings is 2. The van der Waals surface area contributed by atoms with Crippen LogP contribution in [0.25, 0.3) is 59.1 Å². The molecule has 4 aromatic heterocycles. The Balaban J connectivity index is 1.32. The van der Waals surface area contributed by atoms with Crippen LogP contribution in [-0.4, -0.2) is 14.5 Å². The predicted octanol–water partition coefficient (Wildman–Crippen LogP) is 9.40. The van der Waals surface area contributed by atoms with Gasteiger partial charge in [-0.05, 0) is 66.7 Å². The van der Waals surface area contributed by atoms with E-state index in [4.69, 9.17) is 9.72 Å². The molecule has 0 bridgehead atoms. The summed E-state index contributed by atoms with van der Waals surface area (Å²) >= 11 is 1.84. The quantitative estimate of drug-likeness (QED) is 0.232. The molecule has 8 aromatic rings. The van der Waals surface area contributed by atoms with Crippen LogP contribution >= 0.6 is 11.3 Å². The zero-order chi connectivity index (χ0) is 25.8. The monoisotopic (exact) mass is 519 g/mol. The summed E-state index contributed by atoms with van der Waals surface area (Å²) in [7, 11) is 0. The van der Waals surface area contributed by atoms with Crippen LogP contribution in [0, 0.1) is 0 Å². The van der Waals surface area contributed by atoms with Gasteiger partial charge in [-0.15, -0.1) is 11.3 Å². The van der Waals surface area contributed by atoms with Crippen LogP contribution in [0.15, 0.2) is 128 Å². The Bertz CT molecular complexity index is 2150. The highest BCUT2D eigenvalue weighted by Crippen LogP contribution is 2.41. The minimum absolute atomic E-state index is 0.769. The average molecular weight is 520 g/mol. The molecule has 0 spiro atoms. The van der Waals surface area contributed by atoms with Gasteiger partial charge >= 0.3 is 0 Å². The highest BCUT2D eigenvalue weighted by atomic mass is 32.1. The summed E-state index contributed by atoms with van der Waals surface area (Å²) < 4.78 is 11.2. The first-order valence-electron chi connectivity index (χ1n) is 12.8. The topological polar surface area (TPSA) is 39.9 Å². The lowest BCUT2D eigenvalue weighted by atomic mass is 10.1. The van der Waals surface area contributed by atoms with Gasteiger partial charge in [0.1, 0.15) is 17.3 Å². The van der Waals surface area contributed by atoms with Crippen LogP contribution in [0.3, 0.4) is 0 Å². The first-order valence-corrected chi connectivity index (χ1v) is 13.6. The van der Waals surface area contributed by atoms with E-state index in [2.05, 4.69) is 64.1 Å². The Morgan fingerprint density at radius 1 is 0.538 bits per heavy atom. The van der Waals surface area contributed by atoms with Crippen LogP contribution in [0.2, 0.25) is 0 Å². The lowest BCUT2D eigenvalue weighted by Crippen LogP contribution is -1.96. The molecule has 8 rings (SSSR count). The molecule has 0 saturated carbocycles. The van der Waals surface area contributed by atoms with Crippen molar-refractivity contribution in [3.8, 4) is 28.6 Å². The Morgan fingerprint density at radius 2 is 1.36 bits per heavy atom. The lowest BCUT2D eigenvalue weighted by Gasteiger charge is -2.10. The van der Waals surface area contributed by atoms with E-state index in [9.17, 15) is 0 Å². The van der Waals surface area contributed by atoms with Gasteiger partial charge in [0.05, 0.1) is 16.7 Å². The van der Waals surface area contributed by atoms with Gasteiger partial charge in [-0.3, -0.25) is 9.55 Å². The fourth-order valence-electron chi connectivity index (χ4n) is 5.40. The van der Waals surface area contributed by atoms with Crippen molar-refractivity contribution in [2.24, 2.45) is 0 Å². The second kappa shape index (κ2) is 8.79. The van der Waals surface area contributed by atoms with Crippen molar-refractivity contribution < 1.29 is 4.74 Å². The first-order chi connectivity index (χ1) is 19.3. The predicted molar refractivity (Wildman–Crippen MR) is 161 cm³/mol. The number of rotatable bonds is 4. The van der Waals surface area contributed by atoms with Crippen LogP contribution in [0.5, 0.6) is 11.5 Å². The van der Waals surface area contributed by atoms with E-state index in [-0.39, 0.29) is 0 Å². The minimum atomic E-state index is 0.769. The minimum Gasteiger partial charge on any atom is -0.457 e. The number of aromatic nitrogens is 3. The number of hydrogen-bond donors (Lipinski definition) is 0. The molecule has 0 saturated heterocycles. The summed E-state index contributed by atoms with van der Waals surface area (Å²) in [5.74, 6) is 2.42. The van der Waals surface area contributed by atoms with Crippen molar-refractivity contribution in [3.63, 3.8) is 0 Å². The maximum Gasteiger partial charge on any atom is 0.137 e. The summed E-state index contributed by atoms with van der Waals surface area (Å²) in [6.45, 7) is 0. The Hall–Kier alpha value is -5.00. The molecule has 0 aliphatic carbocycles. The maximum absolute atomic E-state index is 6.40. The Morgan fingerprint density at radius 3 is 2.23 bits per heavy atom. The van der Waals surface area contributed by atoms with E-state index < -0.39 is 0 Å². The van der Waals surface area contributed by atoms with E-state index in [0.717, 1.165) is 39.6 Å². The summed E-state index contributed by atoms with van der Waals surface area (Å²) in [5, 5.41) is 4.93. The van der Waals surface area contributed by atoms with Crippen molar-refractivity contribution in [1.82, 2.24) is 14.5 Å². The molecular weight excluding hydrogens is 498 g/mol. The van der Waals surface area contributed by atoms with Crippen molar-refractivity contribution in [2.75, 3.05) is 0 Å². The highest BCUT2D eigenvalue weighted by Gasteiger charge is 2.17. The van der Waals surface area contributed by atoms with Crippen molar-refractivity contribution in [2.45, 2.75) is 0 Å². The maximum atomic E-state index is 6.40. The van der Waals surface area contributed by atoms with Gasteiger partial charge in [0.15, 0.2) is 0 Å². The second-order valence-corrected chi connectivity index (χ2v) is 10.6. The van der Waals surface area contributed by atoms with Crippen molar-refractivity contribution in [3.05, 3.63) is 128 Å². The highest BCUT2D eigenvalue weighted by molar-refractivity contribution is 7.25. The van der Waals surface area contributed by atoms with Gasteiger partial charge in [-0.25, -0.2) is 4.98 Å². The number of hydrogen-bond acceptors (Lipinski definition) is 4. The molecule has 39 heavy (non-hydrogen) atoms. The Labute approximate surface area is 228 Å². The van der Waals surface area contributed by atoms with Crippen LogP contribution in [-0.2, 0) is 0 Å². The molecule has 0 N–H and O–H groups in total. The molecule has 0 atom stereocenters. The average Bonchev–Trinajstić information content (AvgIpc) is 3.51. The van der Waals surface area contributed by atoms with Crippen LogP contribution in [0.4, 0.5) is 0 Å². The number of thiophene rings is 1. The van der Waals surface area contributed by atoms with E-state index in [1.165, 1.54) is 30.9 Å². The summed E-state index contributed by atoms with van der Waals surface area (Å²) in [5.41, 5.74) is 4.13. The van der Waals surface area contributed by atoms with Gasteiger partial charge in [-0.1, -0.05) is 42.5 Å². The zero-order valence-electron chi connectivity index (χ0n) is 20.8. The molecule has 0 aliphatic rings. The first kappa shape index (κ1) is 22.0. The largest absolute Gasteiger partial charge is 0.457 e. The van der Waals surface area contributed by atoms with E-state index in [1.54, 1.807) is 6.20 Å². The van der Waals surface area contributed by atoms with E-state index in [0.29, 0.717) is 0 Å². The standard InChI is InChI=1S/C34H21N3OS/c1-2-12-32-26(10-1)28-20-31-27(21-33(28)39-32)25-15-14-24(19-30(25)37(31)34-13-4-6-17-36-34)38-23-9-7-8-22(18-23)29-11-3-5-16-35-29/h1-21H. The normalized spacial score (nSPS) is 11.6. The van der Waals surface area contributed by atoms with Gasteiger partial charge < -0.3 is 4.74 Å². The molecule has 0 unspecified atom stereocenters.